The van der Waals surface area contributed by atoms with Crippen molar-refractivity contribution in [3.05, 3.63) is 35.9 Å². The van der Waals surface area contributed by atoms with Crippen molar-refractivity contribution in [1.82, 2.24) is 5.23 Å². The van der Waals surface area contributed by atoms with Crippen LogP contribution in [0.25, 0.3) is 0 Å². The molecule has 0 aliphatic heterocycles. The number of carboxylic acids is 1. The summed E-state index contributed by atoms with van der Waals surface area (Å²) in [7, 11) is 1.53. The number of carbonyl (C=O) groups excluding carboxylic acids is 1. The molecule has 1 rings (SSSR count). The van der Waals surface area contributed by atoms with Crippen LogP contribution in [0.2, 0.25) is 0 Å². The monoisotopic (exact) mass is 265 g/mol. The molecule has 0 fully saturated rings. The molecule has 0 aliphatic rings. The lowest BCUT2D eigenvalue weighted by atomic mass is 10.1. The first-order valence-electron chi connectivity index (χ1n) is 5.78. The first kappa shape index (κ1) is 15.2. The van der Waals surface area contributed by atoms with Crippen LogP contribution in [-0.2, 0) is 25.6 Å². The Morgan fingerprint density at radius 2 is 2.05 bits per heavy atom. The van der Waals surface area contributed by atoms with Gasteiger partial charge in [0, 0.05) is 7.11 Å². The zero-order valence-corrected chi connectivity index (χ0v) is 10.7. The fraction of sp³-hybridized carbons (Fsp3) is 0.333. The van der Waals surface area contributed by atoms with Crippen molar-refractivity contribution in [2.75, 3.05) is 7.11 Å². The van der Waals surface area contributed by atoms with Gasteiger partial charge < -0.3 is 19.7 Å². The predicted molar refractivity (Wildman–Crippen MR) is 69.6 cm³/mol. The van der Waals surface area contributed by atoms with Gasteiger partial charge in [0.25, 0.3) is 0 Å². The van der Waals surface area contributed by atoms with E-state index in [1.807, 2.05) is 30.3 Å². The molecule has 7 heteroatoms. The number of rotatable bonds is 8. The summed E-state index contributed by atoms with van der Waals surface area (Å²) in [6.45, 7) is 0.116. The molecule has 102 valence electrons. The van der Waals surface area contributed by atoms with E-state index in [2.05, 4.69) is 5.23 Å². The van der Waals surface area contributed by atoms with Crippen LogP contribution in [-0.4, -0.2) is 37.8 Å². The highest BCUT2D eigenvalue weighted by atomic mass is 16.5. The predicted octanol–water partition coefficient (Wildman–Crippen LogP) is 0.0756. The van der Waals surface area contributed by atoms with E-state index >= 15 is 0 Å². The molecule has 2 N–H and O–H groups in total. The molecule has 1 aromatic carbocycles. The summed E-state index contributed by atoms with van der Waals surface area (Å²) in [6, 6.07) is 8.26. The van der Waals surface area contributed by atoms with Crippen LogP contribution >= 0.6 is 0 Å². The Morgan fingerprint density at radius 3 is 2.63 bits per heavy atom. The van der Waals surface area contributed by atoms with Crippen LogP contribution < -0.4 is 5.23 Å². The Hall–Kier alpha value is -1.86. The van der Waals surface area contributed by atoms with Gasteiger partial charge in [0.2, 0.25) is 0 Å². The smallest absolute Gasteiger partial charge is 0.361 e. The molecule has 0 aromatic heterocycles. The van der Waals surface area contributed by atoms with Crippen LogP contribution in [0.4, 0.5) is 0 Å². The van der Waals surface area contributed by atoms with Crippen LogP contribution in [0.3, 0.4) is 0 Å². The summed E-state index contributed by atoms with van der Waals surface area (Å²) < 4.78 is 9.82. The molecular formula is C12H16BNO5. The summed E-state index contributed by atoms with van der Waals surface area (Å²) in [5.41, 5.74) is 0.844. The Kier molecular flexibility index (Phi) is 6.63. The van der Waals surface area contributed by atoms with E-state index in [1.165, 1.54) is 7.11 Å². The molecule has 6 nitrogen and oxygen atoms in total. The van der Waals surface area contributed by atoms with Crippen LogP contribution in [0.15, 0.2) is 30.3 Å². The molecule has 0 spiro atoms. The van der Waals surface area contributed by atoms with Gasteiger partial charge in [-0.05, 0) is 5.56 Å². The van der Waals surface area contributed by atoms with Crippen LogP contribution in [0, 0.1) is 0 Å². The largest absolute Gasteiger partial charge is 0.481 e. The first-order valence-corrected chi connectivity index (χ1v) is 5.78. The van der Waals surface area contributed by atoms with E-state index in [-0.39, 0.29) is 20.6 Å². The van der Waals surface area contributed by atoms with Gasteiger partial charge in [0.15, 0.2) is 0 Å². The van der Waals surface area contributed by atoms with E-state index < -0.39 is 18.0 Å². The number of ether oxygens (including phenoxy) is 1. The van der Waals surface area contributed by atoms with Gasteiger partial charge in [-0.1, -0.05) is 30.3 Å². The molecule has 1 aromatic rings. The van der Waals surface area contributed by atoms with Crippen LogP contribution in [0.1, 0.15) is 12.0 Å². The number of hydrogen-bond donors (Lipinski definition) is 2. The highest BCUT2D eigenvalue weighted by molar-refractivity contribution is 6.24. The van der Waals surface area contributed by atoms with E-state index in [4.69, 9.17) is 14.5 Å². The van der Waals surface area contributed by atoms with Gasteiger partial charge in [0.05, 0.1) is 6.42 Å². The minimum absolute atomic E-state index is 0.0817. The third-order valence-corrected chi connectivity index (χ3v) is 2.36. The summed E-state index contributed by atoms with van der Waals surface area (Å²) in [4.78, 5) is 22.4. The lowest BCUT2D eigenvalue weighted by Crippen LogP contribution is -2.42. The number of hydrogen-bond acceptors (Lipinski definition) is 5. The molecule has 0 heterocycles. The molecule has 19 heavy (non-hydrogen) atoms. The maximum Gasteiger partial charge on any atom is 0.361 e. The van der Waals surface area contributed by atoms with Gasteiger partial charge in [0.1, 0.15) is 12.6 Å². The van der Waals surface area contributed by atoms with Crippen molar-refractivity contribution in [3.63, 3.8) is 0 Å². The van der Waals surface area contributed by atoms with E-state index in [0.717, 1.165) is 5.56 Å². The highest BCUT2D eigenvalue weighted by Gasteiger charge is 2.22. The number of aliphatic carboxylic acids is 1. The van der Waals surface area contributed by atoms with Crippen LogP contribution in [0.5, 0.6) is 0 Å². The fourth-order valence-electron chi connectivity index (χ4n) is 1.43. The molecule has 1 atom stereocenters. The van der Waals surface area contributed by atoms with Gasteiger partial charge in [-0.25, -0.2) is 0 Å². The lowest BCUT2D eigenvalue weighted by molar-refractivity contribution is -0.151. The molecule has 0 saturated carbocycles. The summed E-state index contributed by atoms with van der Waals surface area (Å²) in [5.74, 6) is -1.69. The summed E-state index contributed by atoms with van der Waals surface area (Å²) in [5, 5.41) is 11.4. The number of benzene rings is 1. The number of nitrogens with one attached hydrogen (secondary N) is 1. The van der Waals surface area contributed by atoms with Gasteiger partial charge in [-0.2, -0.15) is 0 Å². The second-order valence-electron chi connectivity index (χ2n) is 3.88. The third kappa shape index (κ3) is 6.03. The average Bonchev–Trinajstić information content (AvgIpc) is 2.41. The second-order valence-corrected chi connectivity index (χ2v) is 3.88. The summed E-state index contributed by atoms with van der Waals surface area (Å²) in [6.07, 6.45) is -0.350. The molecule has 0 amide bonds. The highest BCUT2D eigenvalue weighted by Crippen LogP contribution is 2.03. The first-order chi connectivity index (χ1) is 9.13. The van der Waals surface area contributed by atoms with Gasteiger partial charge in [-0.15, -0.1) is 0 Å². The van der Waals surface area contributed by atoms with Gasteiger partial charge in [-0.3, -0.25) is 9.59 Å². The normalized spacial score (nSPS) is 11.6. The zero-order valence-electron chi connectivity index (χ0n) is 10.7. The number of carbonyl (C=O) groups is 2. The third-order valence-electron chi connectivity index (χ3n) is 2.36. The molecule has 0 unspecified atom stereocenters. The van der Waals surface area contributed by atoms with Crippen molar-refractivity contribution in [3.8, 4) is 0 Å². The lowest BCUT2D eigenvalue weighted by Gasteiger charge is -2.14. The zero-order chi connectivity index (χ0) is 14.1. The SMILES string of the molecule is COBN[C@@H](CC(=O)O)C(=O)OCc1ccccc1. The molecule has 0 bridgehead atoms. The topological polar surface area (TPSA) is 84.9 Å². The van der Waals surface area contributed by atoms with Crippen molar-refractivity contribution in [1.29, 1.82) is 0 Å². The number of esters is 1. The molecule has 0 saturated heterocycles. The van der Waals surface area contributed by atoms with Gasteiger partial charge >= 0.3 is 19.6 Å². The quantitative estimate of drug-likeness (QED) is 0.511. The van der Waals surface area contributed by atoms with Crippen molar-refractivity contribution >= 4 is 19.6 Å². The molecule has 0 aliphatic carbocycles. The van der Waals surface area contributed by atoms with Crippen molar-refractivity contribution in [2.45, 2.75) is 19.1 Å². The van der Waals surface area contributed by atoms with E-state index in [1.54, 1.807) is 0 Å². The maximum atomic E-state index is 11.8. The van der Waals surface area contributed by atoms with Crippen molar-refractivity contribution < 1.29 is 24.1 Å². The minimum Gasteiger partial charge on any atom is -0.481 e. The Morgan fingerprint density at radius 1 is 1.37 bits per heavy atom. The molecular weight excluding hydrogens is 249 g/mol. The Balaban J connectivity index is 2.48. The number of carboxylic acid groups (broad SMARTS) is 1. The second kappa shape index (κ2) is 8.28. The Labute approximate surface area is 112 Å². The minimum atomic E-state index is -1.08. The average molecular weight is 265 g/mol. The fourth-order valence-corrected chi connectivity index (χ4v) is 1.43. The standard InChI is InChI=1S/C12H16BNO5/c1-18-13-14-10(7-11(15)16)12(17)19-8-9-5-3-2-4-6-9/h2-6,10,13-14H,7-8H2,1H3,(H,15,16)/t10-/m0/s1. The molecule has 0 radical (unpaired) electrons. The Bertz CT molecular complexity index is 412. The summed E-state index contributed by atoms with van der Waals surface area (Å²) >= 11 is 0. The van der Waals surface area contributed by atoms with E-state index in [9.17, 15) is 9.59 Å². The maximum absolute atomic E-state index is 11.8. The van der Waals surface area contributed by atoms with E-state index in [0.29, 0.717) is 0 Å². The van der Waals surface area contributed by atoms with Crippen molar-refractivity contribution in [2.24, 2.45) is 0 Å².